The van der Waals surface area contributed by atoms with Crippen LogP contribution < -0.4 is 16.0 Å². The molecule has 0 saturated carbocycles. The summed E-state index contributed by atoms with van der Waals surface area (Å²) in [5.41, 5.74) is 0.355. The van der Waals surface area contributed by atoms with Crippen LogP contribution in [0.3, 0.4) is 0 Å². The lowest BCUT2D eigenvalue weighted by Gasteiger charge is -2.05. The third-order valence-corrected chi connectivity index (χ3v) is 2.15. The van der Waals surface area contributed by atoms with Gasteiger partial charge in [0.15, 0.2) is 0 Å². The molecule has 18 heavy (non-hydrogen) atoms. The van der Waals surface area contributed by atoms with Gasteiger partial charge in [-0.3, -0.25) is 14.4 Å². The molecule has 0 aliphatic carbocycles. The quantitative estimate of drug-likeness (QED) is 0.621. The number of rotatable bonds is 6. The summed E-state index contributed by atoms with van der Waals surface area (Å²) in [5.74, 6) is -0.890. The van der Waals surface area contributed by atoms with Gasteiger partial charge in [-0.15, -0.1) is 0 Å². The summed E-state index contributed by atoms with van der Waals surface area (Å²) in [4.78, 5) is 33.6. The Kier molecular flexibility index (Phi) is 5.43. The molecule has 3 amide bonds. The average molecular weight is 253 g/mol. The van der Waals surface area contributed by atoms with Gasteiger partial charge in [-0.05, 0) is 6.07 Å². The standard InChI is InChI=1S/C11H15N3O4/c1-12-9(15)2-4-13-10(16)6-14-11(17)8-3-5-18-7-8/h3,5,7H,2,4,6H2,1H3,(H,12,15)(H,13,16)(H,14,17). The van der Waals surface area contributed by atoms with E-state index in [1.807, 2.05) is 0 Å². The van der Waals surface area contributed by atoms with Crippen molar-refractivity contribution in [1.82, 2.24) is 16.0 Å². The molecule has 0 spiro atoms. The van der Waals surface area contributed by atoms with Gasteiger partial charge in [0.05, 0.1) is 18.4 Å². The van der Waals surface area contributed by atoms with Gasteiger partial charge >= 0.3 is 0 Å². The lowest BCUT2D eigenvalue weighted by Crippen LogP contribution is -2.38. The molecule has 0 aliphatic heterocycles. The van der Waals surface area contributed by atoms with E-state index < -0.39 is 0 Å². The molecule has 1 aromatic rings. The minimum Gasteiger partial charge on any atom is -0.472 e. The van der Waals surface area contributed by atoms with Crippen molar-refractivity contribution in [2.75, 3.05) is 20.1 Å². The summed E-state index contributed by atoms with van der Waals surface area (Å²) < 4.78 is 4.74. The van der Waals surface area contributed by atoms with Gasteiger partial charge in [0.1, 0.15) is 6.26 Å². The molecule has 0 aromatic carbocycles. The maximum absolute atomic E-state index is 11.4. The van der Waals surface area contributed by atoms with Crippen molar-refractivity contribution in [3.05, 3.63) is 24.2 Å². The summed E-state index contributed by atoms with van der Waals surface area (Å²) in [6.07, 6.45) is 2.87. The Morgan fingerprint density at radius 1 is 1.22 bits per heavy atom. The van der Waals surface area contributed by atoms with E-state index in [1.165, 1.54) is 25.6 Å². The third kappa shape index (κ3) is 4.69. The predicted molar refractivity (Wildman–Crippen MR) is 62.7 cm³/mol. The fourth-order valence-corrected chi connectivity index (χ4v) is 1.16. The summed E-state index contributed by atoms with van der Waals surface area (Å²) in [6.45, 7) is 0.0951. The number of amides is 3. The first-order valence-corrected chi connectivity index (χ1v) is 5.41. The Morgan fingerprint density at radius 3 is 2.61 bits per heavy atom. The van der Waals surface area contributed by atoms with Crippen molar-refractivity contribution in [3.8, 4) is 0 Å². The van der Waals surface area contributed by atoms with Gasteiger partial charge in [0, 0.05) is 20.0 Å². The van der Waals surface area contributed by atoms with E-state index in [0.717, 1.165) is 0 Å². The van der Waals surface area contributed by atoms with E-state index in [1.54, 1.807) is 0 Å². The third-order valence-electron chi connectivity index (χ3n) is 2.15. The molecule has 0 aliphatic rings. The first kappa shape index (κ1) is 13.8. The van der Waals surface area contributed by atoms with E-state index in [0.29, 0.717) is 5.56 Å². The molecule has 0 fully saturated rings. The number of furan rings is 1. The molecule has 7 heteroatoms. The Hall–Kier alpha value is -2.31. The molecule has 0 unspecified atom stereocenters. The first-order valence-electron chi connectivity index (χ1n) is 5.41. The number of hydrogen-bond donors (Lipinski definition) is 3. The highest BCUT2D eigenvalue weighted by molar-refractivity contribution is 5.96. The second-order valence-corrected chi connectivity index (χ2v) is 3.47. The lowest BCUT2D eigenvalue weighted by molar-refractivity contribution is -0.121. The molecule has 1 rings (SSSR count). The number of hydrogen-bond acceptors (Lipinski definition) is 4. The maximum atomic E-state index is 11.4. The topological polar surface area (TPSA) is 100 Å². The van der Waals surface area contributed by atoms with Crippen LogP contribution in [0.4, 0.5) is 0 Å². The van der Waals surface area contributed by atoms with Gasteiger partial charge in [0.2, 0.25) is 11.8 Å². The van der Waals surface area contributed by atoms with Gasteiger partial charge in [-0.25, -0.2) is 0 Å². The monoisotopic (exact) mass is 253 g/mol. The Balaban J connectivity index is 2.17. The second-order valence-electron chi connectivity index (χ2n) is 3.47. The summed E-state index contributed by atoms with van der Waals surface area (Å²) in [6, 6.07) is 1.50. The minimum absolute atomic E-state index is 0.141. The zero-order valence-electron chi connectivity index (χ0n) is 9.99. The van der Waals surface area contributed by atoms with Crippen molar-refractivity contribution >= 4 is 17.7 Å². The number of carbonyl (C=O) groups is 3. The van der Waals surface area contributed by atoms with E-state index in [-0.39, 0.29) is 37.2 Å². The van der Waals surface area contributed by atoms with Gasteiger partial charge < -0.3 is 20.4 Å². The molecule has 0 saturated heterocycles. The Morgan fingerprint density at radius 2 is 2.00 bits per heavy atom. The molecular weight excluding hydrogens is 238 g/mol. The van der Waals surface area contributed by atoms with Crippen LogP contribution in [-0.4, -0.2) is 37.9 Å². The van der Waals surface area contributed by atoms with E-state index in [2.05, 4.69) is 16.0 Å². The van der Waals surface area contributed by atoms with Gasteiger partial charge in [0.25, 0.3) is 5.91 Å². The molecule has 7 nitrogen and oxygen atoms in total. The van der Waals surface area contributed by atoms with Gasteiger partial charge in [-0.2, -0.15) is 0 Å². The molecule has 0 bridgehead atoms. The average Bonchev–Trinajstić information content (AvgIpc) is 2.89. The smallest absolute Gasteiger partial charge is 0.254 e. The fourth-order valence-electron chi connectivity index (χ4n) is 1.16. The maximum Gasteiger partial charge on any atom is 0.254 e. The zero-order valence-corrected chi connectivity index (χ0v) is 9.99. The molecule has 0 atom stereocenters. The van der Waals surface area contributed by atoms with Crippen LogP contribution in [0.5, 0.6) is 0 Å². The van der Waals surface area contributed by atoms with Gasteiger partial charge in [-0.1, -0.05) is 0 Å². The highest BCUT2D eigenvalue weighted by Crippen LogP contribution is 1.98. The lowest BCUT2D eigenvalue weighted by atomic mass is 10.3. The second kappa shape index (κ2) is 7.10. The predicted octanol–water partition coefficient (Wildman–Crippen LogP) is -0.738. The van der Waals surface area contributed by atoms with Crippen molar-refractivity contribution in [1.29, 1.82) is 0 Å². The summed E-state index contributed by atoms with van der Waals surface area (Å²) in [5, 5.41) is 7.37. The fraction of sp³-hybridized carbons (Fsp3) is 0.364. The first-order chi connectivity index (χ1) is 8.63. The van der Waals surface area contributed by atoms with E-state index in [9.17, 15) is 14.4 Å². The van der Waals surface area contributed by atoms with Crippen LogP contribution in [0.1, 0.15) is 16.8 Å². The minimum atomic E-state index is -0.384. The summed E-state index contributed by atoms with van der Waals surface area (Å²) >= 11 is 0. The van der Waals surface area contributed by atoms with E-state index >= 15 is 0 Å². The largest absolute Gasteiger partial charge is 0.472 e. The van der Waals surface area contributed by atoms with Crippen LogP contribution in [0.2, 0.25) is 0 Å². The zero-order chi connectivity index (χ0) is 13.4. The molecule has 1 aromatic heterocycles. The van der Waals surface area contributed by atoms with Crippen LogP contribution in [-0.2, 0) is 9.59 Å². The molecule has 0 radical (unpaired) electrons. The SMILES string of the molecule is CNC(=O)CCNC(=O)CNC(=O)c1ccoc1. The Bertz CT molecular complexity index is 414. The Labute approximate surface area is 104 Å². The van der Waals surface area contributed by atoms with Crippen molar-refractivity contribution < 1.29 is 18.8 Å². The number of carbonyl (C=O) groups excluding carboxylic acids is 3. The van der Waals surface area contributed by atoms with Crippen molar-refractivity contribution in [3.63, 3.8) is 0 Å². The summed E-state index contributed by atoms with van der Waals surface area (Å²) in [7, 11) is 1.52. The molecule has 3 N–H and O–H groups in total. The van der Waals surface area contributed by atoms with Crippen LogP contribution >= 0.6 is 0 Å². The molecular formula is C11H15N3O4. The van der Waals surface area contributed by atoms with Crippen molar-refractivity contribution in [2.24, 2.45) is 0 Å². The van der Waals surface area contributed by atoms with E-state index in [4.69, 9.17) is 4.42 Å². The molecule has 98 valence electrons. The highest BCUT2D eigenvalue weighted by atomic mass is 16.3. The molecule has 1 heterocycles. The van der Waals surface area contributed by atoms with Crippen LogP contribution in [0, 0.1) is 0 Å². The number of nitrogens with one attached hydrogen (secondary N) is 3. The normalized spacial score (nSPS) is 9.61. The van der Waals surface area contributed by atoms with Crippen LogP contribution in [0.25, 0.3) is 0 Å². The van der Waals surface area contributed by atoms with Crippen molar-refractivity contribution in [2.45, 2.75) is 6.42 Å². The van der Waals surface area contributed by atoms with Crippen LogP contribution in [0.15, 0.2) is 23.0 Å². The highest BCUT2D eigenvalue weighted by Gasteiger charge is 2.08.